The molecule has 0 saturated heterocycles. The summed E-state index contributed by atoms with van der Waals surface area (Å²) < 4.78 is 0. The molecule has 0 radical (unpaired) electrons. The maximum absolute atomic E-state index is 11.8. The second-order valence-corrected chi connectivity index (χ2v) is 3.92. The lowest BCUT2D eigenvalue weighted by molar-refractivity contribution is 0.0984. The Bertz CT molecular complexity index is 371. The van der Waals surface area contributed by atoms with Crippen molar-refractivity contribution in [3.05, 3.63) is 29.3 Å². The van der Waals surface area contributed by atoms with Crippen LogP contribution in [0.2, 0.25) is 0 Å². The van der Waals surface area contributed by atoms with Gasteiger partial charge in [0.2, 0.25) is 0 Å². The maximum Gasteiger partial charge on any atom is 0.165 e. The zero-order valence-corrected chi connectivity index (χ0v) is 8.71. The first-order valence-electron chi connectivity index (χ1n) is 5.04. The Labute approximate surface area is 84.5 Å². The molecule has 0 spiro atoms. The van der Waals surface area contributed by atoms with Crippen molar-refractivity contribution in [3.8, 4) is 0 Å². The molecule has 0 N–H and O–H groups in total. The van der Waals surface area contributed by atoms with Crippen LogP contribution in [0.5, 0.6) is 0 Å². The van der Waals surface area contributed by atoms with E-state index in [0.29, 0.717) is 6.42 Å². The lowest BCUT2D eigenvalue weighted by Gasteiger charge is -2.20. The molecule has 1 aliphatic rings. The first kappa shape index (κ1) is 9.25. The molecule has 14 heavy (non-hydrogen) atoms. The van der Waals surface area contributed by atoms with Crippen molar-refractivity contribution in [2.45, 2.75) is 19.8 Å². The number of hydrogen-bond donors (Lipinski definition) is 0. The molecule has 0 aromatic heterocycles. The van der Waals surface area contributed by atoms with Crippen molar-refractivity contribution < 1.29 is 4.79 Å². The Balaban J connectivity index is 2.59. The van der Waals surface area contributed by atoms with Crippen LogP contribution in [0.3, 0.4) is 0 Å². The van der Waals surface area contributed by atoms with Crippen LogP contribution in [0.4, 0.5) is 5.69 Å². The number of carbonyl (C=O) groups excluding carboxylic acids is 1. The third-order valence-electron chi connectivity index (χ3n) is 2.82. The van der Waals surface area contributed by atoms with E-state index in [0.717, 1.165) is 24.2 Å². The summed E-state index contributed by atoms with van der Waals surface area (Å²) in [5.41, 5.74) is 3.21. The SMILES string of the molecule is Cc1cccc2c1N(C)CCCC2=O. The van der Waals surface area contributed by atoms with E-state index in [9.17, 15) is 4.79 Å². The number of para-hydroxylation sites is 1. The molecule has 1 aliphatic heterocycles. The Kier molecular flexibility index (Phi) is 2.28. The van der Waals surface area contributed by atoms with Gasteiger partial charge in [-0.25, -0.2) is 0 Å². The highest BCUT2D eigenvalue weighted by Crippen LogP contribution is 2.28. The van der Waals surface area contributed by atoms with Crippen molar-refractivity contribution in [2.24, 2.45) is 0 Å². The Morgan fingerprint density at radius 3 is 2.93 bits per heavy atom. The van der Waals surface area contributed by atoms with Crippen molar-refractivity contribution in [3.63, 3.8) is 0 Å². The van der Waals surface area contributed by atoms with Crippen molar-refractivity contribution in [1.82, 2.24) is 0 Å². The van der Waals surface area contributed by atoms with E-state index < -0.39 is 0 Å². The van der Waals surface area contributed by atoms with Gasteiger partial charge in [-0.1, -0.05) is 12.1 Å². The second-order valence-electron chi connectivity index (χ2n) is 3.92. The number of Topliss-reactive ketones (excluding diaryl/α,β-unsaturated/α-hetero) is 1. The fraction of sp³-hybridized carbons (Fsp3) is 0.417. The number of aryl methyl sites for hydroxylation is 1. The summed E-state index contributed by atoms with van der Waals surface area (Å²) in [6.45, 7) is 3.04. The minimum absolute atomic E-state index is 0.285. The van der Waals surface area contributed by atoms with Gasteiger partial charge in [-0.05, 0) is 25.0 Å². The van der Waals surface area contributed by atoms with Crippen LogP contribution in [0.15, 0.2) is 18.2 Å². The molecule has 1 aromatic carbocycles. The topological polar surface area (TPSA) is 20.3 Å². The average Bonchev–Trinajstić information content (AvgIpc) is 2.29. The minimum atomic E-state index is 0.285. The highest BCUT2D eigenvalue weighted by Gasteiger charge is 2.19. The molecular weight excluding hydrogens is 174 g/mol. The van der Waals surface area contributed by atoms with Gasteiger partial charge < -0.3 is 4.90 Å². The number of carbonyl (C=O) groups is 1. The summed E-state index contributed by atoms with van der Waals surface area (Å²) >= 11 is 0. The van der Waals surface area contributed by atoms with E-state index in [1.54, 1.807) is 0 Å². The lowest BCUT2D eigenvalue weighted by atomic mass is 10.0. The molecule has 0 atom stereocenters. The molecule has 0 saturated carbocycles. The number of benzene rings is 1. The molecule has 0 fully saturated rings. The molecule has 2 rings (SSSR count). The van der Waals surface area contributed by atoms with Gasteiger partial charge in [0.25, 0.3) is 0 Å². The molecule has 2 heteroatoms. The molecule has 0 unspecified atom stereocenters. The van der Waals surface area contributed by atoms with Crippen LogP contribution in [-0.2, 0) is 0 Å². The smallest absolute Gasteiger partial charge is 0.165 e. The number of ketones is 1. The van der Waals surface area contributed by atoms with Crippen molar-refractivity contribution in [1.29, 1.82) is 0 Å². The molecule has 0 amide bonds. The van der Waals surface area contributed by atoms with Gasteiger partial charge in [-0.2, -0.15) is 0 Å². The largest absolute Gasteiger partial charge is 0.374 e. The predicted molar refractivity (Wildman–Crippen MR) is 58.0 cm³/mol. The first-order chi connectivity index (χ1) is 6.70. The normalized spacial score (nSPS) is 16.4. The summed E-state index contributed by atoms with van der Waals surface area (Å²) in [6, 6.07) is 5.96. The van der Waals surface area contributed by atoms with E-state index in [-0.39, 0.29) is 5.78 Å². The molecule has 0 aliphatic carbocycles. The van der Waals surface area contributed by atoms with Gasteiger partial charge in [0.05, 0.1) is 5.69 Å². The van der Waals surface area contributed by atoms with E-state index in [4.69, 9.17) is 0 Å². The molecule has 0 bridgehead atoms. The van der Waals surface area contributed by atoms with Crippen LogP contribution in [0.1, 0.15) is 28.8 Å². The summed E-state index contributed by atoms with van der Waals surface area (Å²) in [6.07, 6.45) is 1.64. The highest BCUT2D eigenvalue weighted by atomic mass is 16.1. The van der Waals surface area contributed by atoms with Gasteiger partial charge in [0.1, 0.15) is 0 Å². The van der Waals surface area contributed by atoms with Gasteiger partial charge >= 0.3 is 0 Å². The summed E-state index contributed by atoms with van der Waals surface area (Å²) in [5.74, 6) is 0.285. The molecule has 1 heterocycles. The Morgan fingerprint density at radius 1 is 1.36 bits per heavy atom. The van der Waals surface area contributed by atoms with Crippen LogP contribution in [-0.4, -0.2) is 19.4 Å². The fourth-order valence-electron chi connectivity index (χ4n) is 2.11. The lowest BCUT2D eigenvalue weighted by Crippen LogP contribution is -2.18. The average molecular weight is 189 g/mol. The van der Waals surface area contributed by atoms with Gasteiger partial charge in [-0.15, -0.1) is 0 Å². The number of nitrogens with zero attached hydrogens (tertiary/aromatic N) is 1. The van der Waals surface area contributed by atoms with Crippen molar-refractivity contribution in [2.75, 3.05) is 18.5 Å². The number of rotatable bonds is 0. The molecule has 2 nitrogen and oxygen atoms in total. The summed E-state index contributed by atoms with van der Waals surface area (Å²) in [5, 5.41) is 0. The number of hydrogen-bond acceptors (Lipinski definition) is 2. The molecular formula is C12H15NO. The Morgan fingerprint density at radius 2 is 2.14 bits per heavy atom. The molecule has 1 aromatic rings. The van der Waals surface area contributed by atoms with Gasteiger partial charge in [0.15, 0.2) is 5.78 Å². The number of fused-ring (bicyclic) bond motifs is 1. The maximum atomic E-state index is 11.8. The standard InChI is InChI=1S/C12H15NO/c1-9-5-3-6-10-11(14)7-4-8-13(2)12(9)10/h3,5-6H,4,7-8H2,1-2H3. The van der Waals surface area contributed by atoms with E-state index >= 15 is 0 Å². The zero-order chi connectivity index (χ0) is 10.1. The van der Waals surface area contributed by atoms with E-state index in [1.165, 1.54) is 5.56 Å². The minimum Gasteiger partial charge on any atom is -0.374 e. The first-order valence-corrected chi connectivity index (χ1v) is 5.04. The summed E-state index contributed by atoms with van der Waals surface area (Å²) in [7, 11) is 2.06. The zero-order valence-electron chi connectivity index (χ0n) is 8.71. The van der Waals surface area contributed by atoms with Crippen LogP contribution in [0, 0.1) is 6.92 Å². The van der Waals surface area contributed by atoms with Crippen LogP contribution >= 0.6 is 0 Å². The second kappa shape index (κ2) is 3.45. The third kappa shape index (κ3) is 1.41. The van der Waals surface area contributed by atoms with Crippen LogP contribution in [0.25, 0.3) is 0 Å². The fourth-order valence-corrected chi connectivity index (χ4v) is 2.11. The predicted octanol–water partition coefficient (Wildman–Crippen LogP) is 2.41. The van der Waals surface area contributed by atoms with Crippen molar-refractivity contribution >= 4 is 11.5 Å². The summed E-state index contributed by atoms with van der Waals surface area (Å²) in [4.78, 5) is 14.0. The van der Waals surface area contributed by atoms with E-state index in [1.807, 2.05) is 12.1 Å². The Hall–Kier alpha value is -1.31. The van der Waals surface area contributed by atoms with Gasteiger partial charge in [-0.3, -0.25) is 4.79 Å². The quantitative estimate of drug-likeness (QED) is 0.624. The third-order valence-corrected chi connectivity index (χ3v) is 2.82. The number of anilines is 1. The monoisotopic (exact) mass is 189 g/mol. The van der Waals surface area contributed by atoms with Crippen LogP contribution < -0.4 is 4.90 Å². The van der Waals surface area contributed by atoms with Gasteiger partial charge in [0, 0.05) is 25.6 Å². The molecule has 74 valence electrons. The van der Waals surface area contributed by atoms with E-state index in [2.05, 4.69) is 24.9 Å². The highest BCUT2D eigenvalue weighted by molar-refractivity contribution is 6.02.